The topological polar surface area (TPSA) is 66.5 Å². The van der Waals surface area contributed by atoms with E-state index in [1.54, 1.807) is 4.90 Å². The molecule has 1 aliphatic carbocycles. The highest BCUT2D eigenvalue weighted by atomic mass is 16.2. The molecule has 2 aromatic rings. The van der Waals surface area contributed by atoms with Gasteiger partial charge in [-0.1, -0.05) is 6.92 Å². The van der Waals surface area contributed by atoms with E-state index in [1.807, 2.05) is 24.6 Å². The number of anilines is 1. The molecule has 1 aromatic carbocycles. The highest BCUT2D eigenvalue weighted by Gasteiger charge is 2.38. The minimum atomic E-state index is -0.0679. The van der Waals surface area contributed by atoms with Gasteiger partial charge in [0.15, 0.2) is 0 Å². The summed E-state index contributed by atoms with van der Waals surface area (Å²) in [5, 5.41) is 1.30. The molecular formula is C22H33N5O. The molecule has 1 fully saturated rings. The summed E-state index contributed by atoms with van der Waals surface area (Å²) in [5.41, 5.74) is 13.9. The Hall–Kier alpha value is -2.21. The minimum Gasteiger partial charge on any atom is -0.399 e. The zero-order valence-electron chi connectivity index (χ0n) is 17.4. The van der Waals surface area contributed by atoms with Crippen molar-refractivity contribution in [3.63, 3.8) is 0 Å². The van der Waals surface area contributed by atoms with Crippen molar-refractivity contribution in [1.29, 1.82) is 0 Å². The number of nitrogen functional groups attached to an aromatic ring is 1. The van der Waals surface area contributed by atoms with Crippen LogP contribution in [0.4, 0.5) is 10.5 Å². The fourth-order valence-electron chi connectivity index (χ4n) is 5.28. The van der Waals surface area contributed by atoms with Crippen molar-refractivity contribution in [1.82, 2.24) is 14.5 Å². The second-order valence-corrected chi connectivity index (χ2v) is 8.17. The van der Waals surface area contributed by atoms with Crippen LogP contribution in [0.5, 0.6) is 0 Å². The van der Waals surface area contributed by atoms with E-state index in [0.29, 0.717) is 25.0 Å². The maximum Gasteiger partial charge on any atom is 0.336 e. The number of carbonyl (C=O) groups is 1. The molecule has 2 aliphatic rings. The first-order valence-corrected chi connectivity index (χ1v) is 10.8. The molecule has 152 valence electrons. The van der Waals surface area contributed by atoms with Crippen molar-refractivity contribution < 1.29 is 4.79 Å². The first-order valence-electron chi connectivity index (χ1n) is 10.8. The van der Waals surface area contributed by atoms with Gasteiger partial charge in [-0.2, -0.15) is 0 Å². The van der Waals surface area contributed by atoms with E-state index in [-0.39, 0.29) is 6.03 Å². The smallest absolute Gasteiger partial charge is 0.336 e. The van der Waals surface area contributed by atoms with Crippen molar-refractivity contribution in [3.05, 3.63) is 29.5 Å². The normalized spacial score (nSPS) is 21.5. The van der Waals surface area contributed by atoms with Gasteiger partial charge >= 0.3 is 6.03 Å². The Morgan fingerprint density at radius 3 is 2.79 bits per heavy atom. The Morgan fingerprint density at radius 1 is 1.29 bits per heavy atom. The number of carbonyl (C=O) groups excluding carboxylic acids is 1. The Morgan fingerprint density at radius 2 is 2.07 bits per heavy atom. The number of nitrogens with one attached hydrogen (secondary N) is 1. The summed E-state index contributed by atoms with van der Waals surface area (Å²) in [6.45, 7) is 9.99. The number of hydrogen-bond donors (Lipinski definition) is 2. The van der Waals surface area contributed by atoms with E-state index in [0.717, 1.165) is 24.2 Å². The largest absolute Gasteiger partial charge is 0.399 e. The lowest BCUT2D eigenvalue weighted by Gasteiger charge is -2.44. The molecule has 1 aliphatic heterocycles. The maximum atomic E-state index is 12.6. The van der Waals surface area contributed by atoms with Gasteiger partial charge in [0, 0.05) is 42.3 Å². The second kappa shape index (κ2) is 7.66. The quantitative estimate of drug-likeness (QED) is 0.773. The van der Waals surface area contributed by atoms with Crippen LogP contribution in [0.1, 0.15) is 57.1 Å². The van der Waals surface area contributed by atoms with Gasteiger partial charge in [-0.3, -0.25) is 9.58 Å². The standard InChI is InChI=1S/C22H33N5O/c1-4-9-26-10-7-8-17-18-12-16(23)13-20-21(18)15(11-19(17)26)14-27(20)24-22(28)25(5-2)6-3/h12-14,17,19H,4-11,23H2,1-3H3,(H,24,28)/t17-,19-/m1/s1. The molecule has 2 amide bonds. The van der Waals surface area contributed by atoms with Crippen LogP contribution in [0, 0.1) is 0 Å². The average molecular weight is 384 g/mol. The molecule has 2 heterocycles. The number of piperidine rings is 1. The Balaban J connectivity index is 1.75. The first kappa shape index (κ1) is 19.1. The molecule has 0 radical (unpaired) electrons. The minimum absolute atomic E-state index is 0.0679. The molecule has 0 bridgehead atoms. The molecule has 0 unspecified atom stereocenters. The highest BCUT2D eigenvalue weighted by molar-refractivity contribution is 5.94. The van der Waals surface area contributed by atoms with Crippen LogP contribution >= 0.6 is 0 Å². The highest BCUT2D eigenvalue weighted by Crippen LogP contribution is 2.44. The predicted octanol–water partition coefficient (Wildman–Crippen LogP) is 3.74. The zero-order valence-corrected chi connectivity index (χ0v) is 17.4. The van der Waals surface area contributed by atoms with Gasteiger partial charge < -0.3 is 10.6 Å². The molecule has 3 N–H and O–H groups in total. The van der Waals surface area contributed by atoms with Gasteiger partial charge in [-0.05, 0) is 75.9 Å². The summed E-state index contributed by atoms with van der Waals surface area (Å²) in [4.78, 5) is 17.1. The number of fused-ring (bicyclic) bond motifs is 2. The third-order valence-corrected chi connectivity index (χ3v) is 6.54. The number of nitrogens with zero attached hydrogens (tertiary/aromatic N) is 3. The van der Waals surface area contributed by atoms with Crippen LogP contribution in [-0.4, -0.2) is 52.7 Å². The molecule has 4 rings (SSSR count). The average Bonchev–Trinajstić information content (AvgIpc) is 3.01. The van der Waals surface area contributed by atoms with Crippen molar-refractivity contribution in [2.45, 2.75) is 58.4 Å². The van der Waals surface area contributed by atoms with Crippen LogP contribution in [-0.2, 0) is 6.42 Å². The number of nitrogens with two attached hydrogens (primary N) is 1. The summed E-state index contributed by atoms with van der Waals surface area (Å²) in [7, 11) is 0. The van der Waals surface area contributed by atoms with Crippen molar-refractivity contribution in [3.8, 4) is 0 Å². The Kier molecular flexibility index (Phi) is 5.23. The zero-order chi connectivity index (χ0) is 19.8. The van der Waals surface area contributed by atoms with E-state index in [2.05, 4.69) is 29.5 Å². The Bertz CT molecular complexity index is 867. The summed E-state index contributed by atoms with van der Waals surface area (Å²) < 4.78 is 1.90. The lowest BCUT2D eigenvalue weighted by atomic mass is 9.75. The molecule has 6 nitrogen and oxygen atoms in total. The van der Waals surface area contributed by atoms with E-state index >= 15 is 0 Å². The van der Waals surface area contributed by atoms with Crippen LogP contribution < -0.4 is 11.2 Å². The summed E-state index contributed by atoms with van der Waals surface area (Å²) >= 11 is 0. The lowest BCUT2D eigenvalue weighted by Crippen LogP contribution is -2.47. The number of benzene rings is 1. The Labute approximate surface area is 167 Å². The lowest BCUT2D eigenvalue weighted by molar-refractivity contribution is 0.124. The van der Waals surface area contributed by atoms with Gasteiger partial charge in [0.25, 0.3) is 0 Å². The number of rotatable bonds is 5. The monoisotopic (exact) mass is 383 g/mol. The maximum absolute atomic E-state index is 12.6. The van der Waals surface area contributed by atoms with Crippen LogP contribution in [0.25, 0.3) is 10.9 Å². The van der Waals surface area contributed by atoms with Gasteiger partial charge in [0.05, 0.1) is 5.52 Å². The third-order valence-electron chi connectivity index (χ3n) is 6.54. The van der Waals surface area contributed by atoms with Crippen LogP contribution in [0.15, 0.2) is 18.3 Å². The predicted molar refractivity (Wildman–Crippen MR) is 115 cm³/mol. The summed E-state index contributed by atoms with van der Waals surface area (Å²) in [6, 6.07) is 4.65. The summed E-state index contributed by atoms with van der Waals surface area (Å²) in [5.74, 6) is 0.535. The van der Waals surface area contributed by atoms with E-state index < -0.39 is 0 Å². The van der Waals surface area contributed by atoms with Crippen molar-refractivity contribution in [2.75, 3.05) is 37.3 Å². The number of hydrogen-bond acceptors (Lipinski definition) is 3. The van der Waals surface area contributed by atoms with E-state index in [9.17, 15) is 4.79 Å². The molecule has 0 saturated carbocycles. The number of urea groups is 1. The third kappa shape index (κ3) is 3.13. The molecular weight excluding hydrogens is 350 g/mol. The number of amides is 2. The van der Waals surface area contributed by atoms with Gasteiger partial charge in [0.2, 0.25) is 0 Å². The summed E-state index contributed by atoms with van der Waals surface area (Å²) in [6.07, 6.45) is 6.81. The van der Waals surface area contributed by atoms with E-state index in [4.69, 9.17) is 5.73 Å². The van der Waals surface area contributed by atoms with E-state index in [1.165, 1.54) is 42.3 Å². The van der Waals surface area contributed by atoms with Gasteiger partial charge in [-0.25, -0.2) is 10.2 Å². The number of likely N-dealkylation sites (tertiary alicyclic amines) is 1. The molecule has 2 atom stereocenters. The fourth-order valence-corrected chi connectivity index (χ4v) is 5.28. The molecule has 6 heteroatoms. The van der Waals surface area contributed by atoms with Gasteiger partial charge in [-0.15, -0.1) is 0 Å². The molecule has 1 saturated heterocycles. The van der Waals surface area contributed by atoms with Crippen LogP contribution in [0.3, 0.4) is 0 Å². The number of aromatic nitrogens is 1. The van der Waals surface area contributed by atoms with Crippen LogP contribution in [0.2, 0.25) is 0 Å². The second-order valence-electron chi connectivity index (χ2n) is 8.17. The van der Waals surface area contributed by atoms with Crippen molar-refractivity contribution >= 4 is 22.6 Å². The SMILES string of the molecule is CCCN1CCC[C@@H]2c3cc(N)cc4c3c(cn4NC(=O)N(CC)CC)C[C@H]21. The fraction of sp³-hybridized carbons (Fsp3) is 0.591. The molecule has 28 heavy (non-hydrogen) atoms. The molecule has 1 aromatic heterocycles. The van der Waals surface area contributed by atoms with Crippen molar-refractivity contribution in [2.24, 2.45) is 0 Å². The van der Waals surface area contributed by atoms with Gasteiger partial charge in [0.1, 0.15) is 0 Å². The first-order chi connectivity index (χ1) is 13.6. The molecule has 0 spiro atoms.